The number of urea groups is 1. The minimum atomic E-state index is -0.352. The third-order valence-corrected chi connectivity index (χ3v) is 5.05. The maximum Gasteiger partial charge on any atom is 0.321 e. The molecule has 0 unspecified atom stereocenters. The summed E-state index contributed by atoms with van der Waals surface area (Å²) in [4.78, 5) is 33.5. The average molecular weight is 387 g/mol. The summed E-state index contributed by atoms with van der Waals surface area (Å²) in [6.07, 6.45) is 2.42. The molecule has 0 fully saturated rings. The number of carbonyl (C=O) groups excluding carboxylic acids is 2. The third-order valence-electron chi connectivity index (χ3n) is 4.03. The monoisotopic (exact) mass is 387 g/mol. The Morgan fingerprint density at radius 1 is 1.22 bits per heavy atom. The second kappa shape index (κ2) is 8.17. The molecule has 0 saturated carbocycles. The normalized spacial score (nSPS) is 13.1. The summed E-state index contributed by atoms with van der Waals surface area (Å²) in [6.45, 7) is 5.03. The second-order valence-corrected chi connectivity index (χ2v) is 6.90. The lowest BCUT2D eigenvalue weighted by Gasteiger charge is -2.14. The van der Waals surface area contributed by atoms with E-state index < -0.39 is 0 Å². The minimum Gasteiger partial charge on any atom is -0.506 e. The highest BCUT2D eigenvalue weighted by molar-refractivity contribution is 7.16. The van der Waals surface area contributed by atoms with E-state index in [4.69, 9.17) is 0 Å². The van der Waals surface area contributed by atoms with Crippen molar-refractivity contribution in [2.24, 2.45) is 0 Å². The fraction of sp³-hybridized carbons (Fsp3) is 0.333. The van der Waals surface area contributed by atoms with Gasteiger partial charge in [0, 0.05) is 30.4 Å². The van der Waals surface area contributed by atoms with E-state index in [0.29, 0.717) is 52.0 Å². The molecule has 0 atom stereocenters. The SMILES string of the molecule is CCNC(=O)Nc1nc2c(s1)C(O)=C(C(=O)c1ccc(NCC)nc1)CC2. The molecule has 0 spiro atoms. The molecule has 1 aliphatic rings. The molecular formula is C18H21N5O3S. The van der Waals surface area contributed by atoms with Gasteiger partial charge in [-0.3, -0.25) is 10.1 Å². The van der Waals surface area contributed by atoms with Crippen molar-refractivity contribution in [2.75, 3.05) is 23.7 Å². The molecule has 9 heteroatoms. The van der Waals surface area contributed by atoms with Gasteiger partial charge in [-0.15, -0.1) is 0 Å². The predicted octanol–water partition coefficient (Wildman–Crippen LogP) is 3.21. The van der Waals surface area contributed by atoms with Gasteiger partial charge in [0.15, 0.2) is 10.9 Å². The first kappa shape index (κ1) is 18.8. The van der Waals surface area contributed by atoms with E-state index in [2.05, 4.69) is 25.9 Å². The van der Waals surface area contributed by atoms with Gasteiger partial charge in [0.1, 0.15) is 11.6 Å². The number of aryl methyl sites for hydroxylation is 1. The maximum absolute atomic E-state index is 12.8. The summed E-state index contributed by atoms with van der Waals surface area (Å²) in [6, 6.07) is 3.08. The number of amides is 2. The summed E-state index contributed by atoms with van der Waals surface area (Å²) in [5.41, 5.74) is 1.45. The number of allylic oxidation sites excluding steroid dienone is 1. The first-order valence-electron chi connectivity index (χ1n) is 8.75. The van der Waals surface area contributed by atoms with Gasteiger partial charge in [-0.25, -0.2) is 14.8 Å². The first-order chi connectivity index (χ1) is 13.0. The predicted molar refractivity (Wildman–Crippen MR) is 105 cm³/mol. The molecule has 142 valence electrons. The minimum absolute atomic E-state index is 0.0709. The van der Waals surface area contributed by atoms with Crippen molar-refractivity contribution in [1.82, 2.24) is 15.3 Å². The highest BCUT2D eigenvalue weighted by Crippen LogP contribution is 2.37. The van der Waals surface area contributed by atoms with Crippen LogP contribution in [0.2, 0.25) is 0 Å². The zero-order valence-corrected chi connectivity index (χ0v) is 15.9. The van der Waals surface area contributed by atoms with Gasteiger partial charge in [0.25, 0.3) is 0 Å². The number of carbonyl (C=O) groups is 2. The lowest BCUT2D eigenvalue weighted by atomic mass is 9.93. The number of Topliss-reactive ketones (excluding diaryl/α,β-unsaturated/α-hetero) is 1. The Morgan fingerprint density at radius 2 is 2.04 bits per heavy atom. The molecule has 2 heterocycles. The van der Waals surface area contributed by atoms with Gasteiger partial charge >= 0.3 is 6.03 Å². The van der Waals surface area contributed by atoms with Crippen LogP contribution in [0.1, 0.15) is 41.2 Å². The zero-order valence-electron chi connectivity index (χ0n) is 15.1. The number of rotatable bonds is 6. The molecule has 8 nitrogen and oxygen atoms in total. The number of aromatic nitrogens is 2. The number of pyridine rings is 1. The fourth-order valence-corrected chi connectivity index (χ4v) is 3.75. The van der Waals surface area contributed by atoms with Gasteiger partial charge in [0.05, 0.1) is 10.6 Å². The number of fused-ring (bicyclic) bond motifs is 1. The zero-order chi connectivity index (χ0) is 19.4. The topological polar surface area (TPSA) is 116 Å². The summed E-state index contributed by atoms with van der Waals surface area (Å²) in [5.74, 6) is 0.375. The molecule has 0 radical (unpaired) electrons. The van der Waals surface area contributed by atoms with Crippen LogP contribution in [0.4, 0.5) is 15.7 Å². The van der Waals surface area contributed by atoms with Crippen molar-refractivity contribution in [1.29, 1.82) is 0 Å². The van der Waals surface area contributed by atoms with Crippen LogP contribution in [-0.4, -0.2) is 40.0 Å². The number of aliphatic hydroxyl groups is 1. The van der Waals surface area contributed by atoms with E-state index >= 15 is 0 Å². The second-order valence-electron chi connectivity index (χ2n) is 5.90. The first-order valence-corrected chi connectivity index (χ1v) is 9.56. The van der Waals surface area contributed by atoms with Crippen molar-refractivity contribution in [3.63, 3.8) is 0 Å². The largest absolute Gasteiger partial charge is 0.506 e. The van der Waals surface area contributed by atoms with Gasteiger partial charge in [-0.2, -0.15) is 0 Å². The van der Waals surface area contributed by atoms with Crippen LogP contribution < -0.4 is 16.0 Å². The van der Waals surface area contributed by atoms with Gasteiger partial charge in [-0.1, -0.05) is 11.3 Å². The number of hydrogen-bond donors (Lipinski definition) is 4. The van der Waals surface area contributed by atoms with E-state index in [1.54, 1.807) is 12.1 Å². The number of aliphatic hydroxyl groups excluding tert-OH is 1. The number of ketones is 1. The van der Waals surface area contributed by atoms with Crippen LogP contribution in [0.15, 0.2) is 23.9 Å². The van der Waals surface area contributed by atoms with Crippen molar-refractivity contribution in [3.05, 3.63) is 40.0 Å². The number of anilines is 2. The Bertz CT molecular complexity index is 889. The molecule has 3 rings (SSSR count). The number of thiazole rings is 1. The summed E-state index contributed by atoms with van der Waals surface area (Å²) in [5, 5.41) is 19.3. The Labute approximate surface area is 160 Å². The molecule has 2 aromatic heterocycles. The van der Waals surface area contributed by atoms with Crippen LogP contribution in [0.5, 0.6) is 0 Å². The number of hydrogen-bond acceptors (Lipinski definition) is 7. The van der Waals surface area contributed by atoms with Crippen molar-refractivity contribution >= 4 is 39.9 Å². The molecule has 0 saturated heterocycles. The lowest BCUT2D eigenvalue weighted by Crippen LogP contribution is -2.28. The molecular weight excluding hydrogens is 366 g/mol. The highest BCUT2D eigenvalue weighted by Gasteiger charge is 2.28. The van der Waals surface area contributed by atoms with E-state index in [-0.39, 0.29) is 17.6 Å². The summed E-state index contributed by atoms with van der Waals surface area (Å²) < 4.78 is 0. The van der Waals surface area contributed by atoms with Crippen LogP contribution in [0, 0.1) is 0 Å². The van der Waals surface area contributed by atoms with Gasteiger partial charge in [-0.05, 0) is 38.8 Å². The smallest absolute Gasteiger partial charge is 0.321 e. The maximum atomic E-state index is 12.8. The van der Waals surface area contributed by atoms with E-state index in [1.807, 2.05) is 13.8 Å². The van der Waals surface area contributed by atoms with Gasteiger partial charge in [0.2, 0.25) is 0 Å². The fourth-order valence-electron chi connectivity index (χ4n) is 2.77. The molecule has 2 amide bonds. The number of nitrogens with one attached hydrogen (secondary N) is 3. The molecule has 27 heavy (non-hydrogen) atoms. The Balaban J connectivity index is 1.83. The molecule has 0 aromatic carbocycles. The van der Waals surface area contributed by atoms with Crippen LogP contribution in [0.3, 0.4) is 0 Å². The molecule has 2 aromatic rings. The van der Waals surface area contributed by atoms with E-state index in [0.717, 1.165) is 17.9 Å². The van der Waals surface area contributed by atoms with Crippen molar-refractivity contribution in [2.45, 2.75) is 26.7 Å². The molecule has 0 bridgehead atoms. The standard InChI is InChI=1S/C18H21N5O3S/c1-3-19-13-8-5-10(9-21-13)14(24)11-6-7-12-16(15(11)25)27-18(22-12)23-17(26)20-4-2/h5,8-9,25H,3-4,6-7H2,1-2H3,(H,19,21)(H2,20,22,23,26). The summed E-state index contributed by atoms with van der Waals surface area (Å²) in [7, 11) is 0. The quantitative estimate of drug-likeness (QED) is 0.566. The molecule has 1 aliphatic carbocycles. The van der Waals surface area contributed by atoms with Crippen LogP contribution in [0.25, 0.3) is 5.76 Å². The number of nitrogens with zero attached hydrogens (tertiary/aromatic N) is 2. The lowest BCUT2D eigenvalue weighted by molar-refractivity contribution is 0.102. The Hall–Kier alpha value is -2.94. The molecule has 0 aliphatic heterocycles. The van der Waals surface area contributed by atoms with Crippen molar-refractivity contribution in [3.8, 4) is 0 Å². The highest BCUT2D eigenvalue weighted by atomic mass is 32.1. The Kier molecular flexibility index (Phi) is 5.70. The van der Waals surface area contributed by atoms with Gasteiger partial charge < -0.3 is 15.7 Å². The third kappa shape index (κ3) is 4.08. The van der Waals surface area contributed by atoms with Crippen molar-refractivity contribution < 1.29 is 14.7 Å². The van der Waals surface area contributed by atoms with E-state index in [1.165, 1.54) is 6.20 Å². The van der Waals surface area contributed by atoms with Crippen LogP contribution >= 0.6 is 11.3 Å². The Morgan fingerprint density at radius 3 is 2.70 bits per heavy atom. The molecule has 4 N–H and O–H groups in total. The average Bonchev–Trinajstić information content (AvgIpc) is 3.06. The van der Waals surface area contributed by atoms with Crippen LogP contribution in [-0.2, 0) is 6.42 Å². The summed E-state index contributed by atoms with van der Waals surface area (Å²) >= 11 is 1.15. The van der Waals surface area contributed by atoms with E-state index in [9.17, 15) is 14.7 Å².